The minimum atomic E-state index is -0.0957. The fourth-order valence-corrected chi connectivity index (χ4v) is 3.73. The molecule has 2 aromatic heterocycles. The Labute approximate surface area is 175 Å². The number of nitrogens with one attached hydrogen (secondary N) is 2. The van der Waals surface area contributed by atoms with Gasteiger partial charge in [0.1, 0.15) is 5.69 Å². The fourth-order valence-electron chi connectivity index (χ4n) is 3.73. The Balaban J connectivity index is 1.35. The van der Waals surface area contributed by atoms with Crippen molar-refractivity contribution >= 4 is 17.5 Å². The highest BCUT2D eigenvalue weighted by Crippen LogP contribution is 2.24. The van der Waals surface area contributed by atoms with E-state index in [0.717, 1.165) is 22.4 Å². The highest BCUT2D eigenvalue weighted by atomic mass is 16.2. The van der Waals surface area contributed by atoms with Crippen LogP contribution in [-0.2, 0) is 4.79 Å². The number of pyridine rings is 1. The number of aromatic nitrogens is 3. The normalized spacial score (nSPS) is 14.5. The van der Waals surface area contributed by atoms with Crippen LogP contribution in [0.15, 0.2) is 48.8 Å². The molecule has 0 atom stereocenters. The molecule has 1 aliphatic rings. The summed E-state index contributed by atoms with van der Waals surface area (Å²) >= 11 is 0. The lowest BCUT2D eigenvalue weighted by Gasteiger charge is -2.31. The van der Waals surface area contributed by atoms with Crippen molar-refractivity contribution in [2.24, 2.45) is 5.92 Å². The van der Waals surface area contributed by atoms with E-state index < -0.39 is 0 Å². The van der Waals surface area contributed by atoms with Gasteiger partial charge in [-0.25, -0.2) is 0 Å². The summed E-state index contributed by atoms with van der Waals surface area (Å²) in [5.74, 6) is -0.163. The molecule has 0 saturated carbocycles. The first-order chi connectivity index (χ1) is 14.5. The summed E-state index contributed by atoms with van der Waals surface area (Å²) in [5.41, 5.74) is 5.09. The summed E-state index contributed by atoms with van der Waals surface area (Å²) in [6.07, 6.45) is 4.70. The molecule has 0 bridgehead atoms. The number of rotatable bonds is 4. The van der Waals surface area contributed by atoms with Gasteiger partial charge in [-0.15, -0.1) is 0 Å². The molecular formula is C23H25N5O2. The number of amides is 2. The number of carbonyl (C=O) groups excluding carboxylic acids is 2. The molecule has 4 rings (SSSR count). The SMILES string of the molecule is Cc1cccc(NC(=O)C2CCN(C(=O)c3cc(-c4cccnc4)n[nH]3)CC2)c1C. The number of hydrogen-bond donors (Lipinski definition) is 2. The van der Waals surface area contributed by atoms with Crippen LogP contribution in [0, 0.1) is 19.8 Å². The second-order valence-corrected chi connectivity index (χ2v) is 7.71. The van der Waals surface area contributed by atoms with Gasteiger partial charge in [-0.05, 0) is 62.1 Å². The molecule has 0 unspecified atom stereocenters. The Morgan fingerprint density at radius 1 is 1.13 bits per heavy atom. The molecule has 2 amide bonds. The molecule has 3 aromatic rings. The van der Waals surface area contributed by atoms with Crippen LogP contribution < -0.4 is 5.32 Å². The van der Waals surface area contributed by atoms with E-state index in [-0.39, 0.29) is 17.7 Å². The van der Waals surface area contributed by atoms with Gasteiger partial charge in [0.05, 0.1) is 5.69 Å². The molecule has 2 N–H and O–H groups in total. The summed E-state index contributed by atoms with van der Waals surface area (Å²) in [6, 6.07) is 11.4. The van der Waals surface area contributed by atoms with Crippen LogP contribution in [0.5, 0.6) is 0 Å². The van der Waals surface area contributed by atoms with Crippen molar-refractivity contribution in [3.05, 3.63) is 65.6 Å². The number of nitrogens with zero attached hydrogens (tertiary/aromatic N) is 3. The van der Waals surface area contributed by atoms with Gasteiger partial charge in [0.2, 0.25) is 5.91 Å². The molecule has 154 valence electrons. The van der Waals surface area contributed by atoms with Gasteiger partial charge >= 0.3 is 0 Å². The van der Waals surface area contributed by atoms with Crippen molar-refractivity contribution in [1.29, 1.82) is 0 Å². The molecule has 1 aromatic carbocycles. The minimum absolute atomic E-state index is 0.0243. The molecule has 30 heavy (non-hydrogen) atoms. The number of piperidine rings is 1. The van der Waals surface area contributed by atoms with Crippen molar-refractivity contribution < 1.29 is 9.59 Å². The van der Waals surface area contributed by atoms with Gasteiger partial charge in [0.25, 0.3) is 5.91 Å². The summed E-state index contributed by atoms with van der Waals surface area (Å²) in [4.78, 5) is 31.4. The zero-order chi connectivity index (χ0) is 21.1. The number of anilines is 1. The summed E-state index contributed by atoms with van der Waals surface area (Å²) < 4.78 is 0. The molecule has 7 nitrogen and oxygen atoms in total. The number of likely N-dealkylation sites (tertiary alicyclic amines) is 1. The Hall–Kier alpha value is -3.48. The first-order valence-electron chi connectivity index (χ1n) is 10.1. The maximum Gasteiger partial charge on any atom is 0.271 e. The molecule has 0 aliphatic carbocycles. The van der Waals surface area contributed by atoms with Crippen molar-refractivity contribution in [3.63, 3.8) is 0 Å². The zero-order valence-corrected chi connectivity index (χ0v) is 17.2. The second-order valence-electron chi connectivity index (χ2n) is 7.71. The molecular weight excluding hydrogens is 378 g/mol. The largest absolute Gasteiger partial charge is 0.337 e. The monoisotopic (exact) mass is 403 g/mol. The Bertz CT molecular complexity index is 1050. The van der Waals surface area contributed by atoms with Crippen molar-refractivity contribution in [3.8, 4) is 11.3 Å². The topological polar surface area (TPSA) is 91.0 Å². The number of hydrogen-bond acceptors (Lipinski definition) is 4. The molecule has 1 aliphatic heterocycles. The van der Waals surface area contributed by atoms with Gasteiger partial charge in [0, 0.05) is 42.7 Å². The van der Waals surface area contributed by atoms with Crippen LogP contribution in [0.3, 0.4) is 0 Å². The summed E-state index contributed by atoms with van der Waals surface area (Å²) in [7, 11) is 0. The van der Waals surface area contributed by atoms with E-state index in [1.54, 1.807) is 23.4 Å². The van der Waals surface area contributed by atoms with E-state index in [0.29, 0.717) is 37.3 Å². The van der Waals surface area contributed by atoms with E-state index in [1.807, 2.05) is 44.2 Å². The summed E-state index contributed by atoms with van der Waals surface area (Å²) in [6.45, 7) is 5.14. The van der Waals surface area contributed by atoms with Crippen LogP contribution in [0.25, 0.3) is 11.3 Å². The molecule has 3 heterocycles. The van der Waals surface area contributed by atoms with E-state index in [9.17, 15) is 9.59 Å². The highest BCUT2D eigenvalue weighted by Gasteiger charge is 2.29. The number of benzene rings is 1. The van der Waals surface area contributed by atoms with Crippen molar-refractivity contribution in [2.75, 3.05) is 18.4 Å². The average Bonchev–Trinajstić information content (AvgIpc) is 3.27. The first kappa shape index (κ1) is 19.8. The van der Waals surface area contributed by atoms with E-state index in [4.69, 9.17) is 0 Å². The highest BCUT2D eigenvalue weighted by molar-refractivity contribution is 5.95. The lowest BCUT2D eigenvalue weighted by molar-refractivity contribution is -0.121. The molecule has 7 heteroatoms. The average molecular weight is 403 g/mol. The Morgan fingerprint density at radius 3 is 2.67 bits per heavy atom. The number of carbonyl (C=O) groups is 2. The van der Waals surface area contributed by atoms with Crippen LogP contribution in [0.1, 0.15) is 34.5 Å². The van der Waals surface area contributed by atoms with Crippen LogP contribution in [0.2, 0.25) is 0 Å². The maximum atomic E-state index is 12.8. The van der Waals surface area contributed by atoms with Gasteiger partial charge in [-0.2, -0.15) is 5.10 Å². The Kier molecular flexibility index (Phi) is 5.61. The van der Waals surface area contributed by atoms with E-state index >= 15 is 0 Å². The minimum Gasteiger partial charge on any atom is -0.337 e. The molecule has 0 radical (unpaired) electrons. The molecule has 0 spiro atoms. The lowest BCUT2D eigenvalue weighted by Crippen LogP contribution is -2.41. The fraction of sp³-hybridized carbons (Fsp3) is 0.304. The quantitative estimate of drug-likeness (QED) is 0.697. The van der Waals surface area contributed by atoms with Gasteiger partial charge in [-0.3, -0.25) is 19.7 Å². The third-order valence-corrected chi connectivity index (χ3v) is 5.78. The molecule has 1 fully saturated rings. The van der Waals surface area contributed by atoms with Gasteiger partial charge < -0.3 is 10.2 Å². The van der Waals surface area contributed by atoms with Crippen LogP contribution in [0.4, 0.5) is 5.69 Å². The summed E-state index contributed by atoms with van der Waals surface area (Å²) in [5, 5.41) is 10.1. The number of aromatic amines is 1. The predicted molar refractivity (Wildman–Crippen MR) is 115 cm³/mol. The van der Waals surface area contributed by atoms with Crippen molar-refractivity contribution in [1.82, 2.24) is 20.1 Å². The maximum absolute atomic E-state index is 12.8. The first-order valence-corrected chi connectivity index (χ1v) is 10.1. The lowest BCUT2D eigenvalue weighted by atomic mass is 9.95. The van der Waals surface area contributed by atoms with Gasteiger partial charge in [-0.1, -0.05) is 12.1 Å². The number of aryl methyl sites for hydroxylation is 1. The smallest absolute Gasteiger partial charge is 0.271 e. The van der Waals surface area contributed by atoms with Crippen LogP contribution >= 0.6 is 0 Å². The third-order valence-electron chi connectivity index (χ3n) is 5.78. The van der Waals surface area contributed by atoms with Crippen molar-refractivity contribution in [2.45, 2.75) is 26.7 Å². The van der Waals surface area contributed by atoms with Crippen LogP contribution in [-0.4, -0.2) is 45.0 Å². The zero-order valence-electron chi connectivity index (χ0n) is 17.2. The Morgan fingerprint density at radius 2 is 1.93 bits per heavy atom. The predicted octanol–water partition coefficient (Wildman–Crippen LogP) is 3.58. The van der Waals surface area contributed by atoms with Gasteiger partial charge in [0.15, 0.2) is 0 Å². The molecule has 1 saturated heterocycles. The van der Waals surface area contributed by atoms with E-state index in [2.05, 4.69) is 20.5 Å². The van der Waals surface area contributed by atoms with E-state index in [1.165, 1.54) is 0 Å². The third kappa shape index (κ3) is 4.10. The standard InChI is InChI=1S/C23H25N5O2/c1-15-5-3-7-19(16(15)2)25-22(29)17-8-11-28(12-9-17)23(30)21-13-20(26-27-21)18-6-4-10-24-14-18/h3-7,10,13-14,17H,8-9,11-12H2,1-2H3,(H,25,29)(H,26,27). The second kappa shape index (κ2) is 8.49. The number of H-pyrrole nitrogens is 1.